The van der Waals surface area contributed by atoms with Gasteiger partial charge < -0.3 is 5.32 Å². The normalized spacial score (nSPS) is 37.1. The predicted octanol–water partition coefficient (Wildman–Crippen LogP) is 1.71. The second kappa shape index (κ2) is 4.19. The van der Waals surface area contributed by atoms with Crippen LogP contribution in [-0.4, -0.2) is 37.1 Å². The van der Waals surface area contributed by atoms with E-state index in [9.17, 15) is 0 Å². The Morgan fingerprint density at radius 3 is 2.57 bits per heavy atom. The van der Waals surface area contributed by atoms with Gasteiger partial charge in [0.1, 0.15) is 0 Å². The molecule has 1 saturated heterocycles. The molecule has 0 aromatic rings. The van der Waals surface area contributed by atoms with Crippen LogP contribution < -0.4 is 5.32 Å². The maximum Gasteiger partial charge on any atom is 0.0195 e. The topological polar surface area (TPSA) is 15.3 Å². The monoisotopic (exact) mass is 196 g/mol. The van der Waals surface area contributed by atoms with E-state index in [1.807, 2.05) is 0 Å². The minimum atomic E-state index is 0.722. The first-order chi connectivity index (χ1) is 6.70. The van der Waals surface area contributed by atoms with Crippen molar-refractivity contribution in [2.24, 2.45) is 11.8 Å². The van der Waals surface area contributed by atoms with Gasteiger partial charge in [0.25, 0.3) is 0 Å². The van der Waals surface area contributed by atoms with Gasteiger partial charge in [0, 0.05) is 25.2 Å². The molecule has 0 amide bonds. The number of hydrogen-bond donors (Lipinski definition) is 1. The van der Waals surface area contributed by atoms with Crippen molar-refractivity contribution in [2.45, 2.75) is 45.2 Å². The molecule has 2 nitrogen and oxygen atoms in total. The van der Waals surface area contributed by atoms with Crippen molar-refractivity contribution < 1.29 is 0 Å². The molecule has 0 radical (unpaired) electrons. The van der Waals surface area contributed by atoms with Gasteiger partial charge in [-0.25, -0.2) is 0 Å². The Kier molecular flexibility index (Phi) is 3.13. The van der Waals surface area contributed by atoms with Crippen LogP contribution in [0.15, 0.2) is 0 Å². The summed E-state index contributed by atoms with van der Waals surface area (Å²) in [6, 6.07) is 1.55. The van der Waals surface area contributed by atoms with Crippen LogP contribution in [0.2, 0.25) is 0 Å². The molecule has 0 aromatic heterocycles. The summed E-state index contributed by atoms with van der Waals surface area (Å²) >= 11 is 0. The standard InChI is InChI=1S/C12H24N2/c1-9-6-12(13-3)8-14(7-9)10(2)11-4-5-11/h9-13H,4-8H2,1-3H3. The quantitative estimate of drug-likeness (QED) is 0.739. The first kappa shape index (κ1) is 10.4. The van der Waals surface area contributed by atoms with E-state index in [0.29, 0.717) is 0 Å². The Bertz CT molecular complexity index is 189. The zero-order chi connectivity index (χ0) is 10.1. The summed E-state index contributed by atoms with van der Waals surface area (Å²) in [5.41, 5.74) is 0. The SMILES string of the molecule is CNC1CC(C)CN(C(C)C2CC2)C1. The molecule has 2 aliphatic rings. The summed E-state index contributed by atoms with van der Waals surface area (Å²) in [5, 5.41) is 3.44. The molecule has 3 unspecified atom stereocenters. The molecular weight excluding hydrogens is 172 g/mol. The van der Waals surface area contributed by atoms with Crippen molar-refractivity contribution in [2.75, 3.05) is 20.1 Å². The molecule has 1 aliphatic heterocycles. The summed E-state index contributed by atoms with van der Waals surface area (Å²) < 4.78 is 0. The Hall–Kier alpha value is -0.0800. The number of nitrogens with one attached hydrogen (secondary N) is 1. The first-order valence-electron chi connectivity index (χ1n) is 6.12. The Balaban J connectivity index is 1.90. The van der Waals surface area contributed by atoms with Gasteiger partial charge >= 0.3 is 0 Å². The average molecular weight is 196 g/mol. The molecule has 2 fully saturated rings. The molecule has 1 heterocycles. The average Bonchev–Trinajstić information content (AvgIpc) is 2.99. The van der Waals surface area contributed by atoms with E-state index in [1.165, 1.54) is 32.4 Å². The summed E-state index contributed by atoms with van der Waals surface area (Å²) in [6.45, 7) is 7.38. The predicted molar refractivity (Wildman–Crippen MR) is 60.4 cm³/mol. The maximum absolute atomic E-state index is 3.44. The number of likely N-dealkylation sites (tertiary alicyclic amines) is 1. The fourth-order valence-corrected chi connectivity index (χ4v) is 2.81. The Labute approximate surface area is 88.1 Å². The lowest BCUT2D eigenvalue weighted by Gasteiger charge is -2.40. The smallest absolute Gasteiger partial charge is 0.0195 e. The highest BCUT2D eigenvalue weighted by Gasteiger charge is 2.35. The van der Waals surface area contributed by atoms with E-state index < -0.39 is 0 Å². The summed E-state index contributed by atoms with van der Waals surface area (Å²) in [5.74, 6) is 1.88. The van der Waals surface area contributed by atoms with Crippen LogP contribution in [0.1, 0.15) is 33.1 Å². The molecule has 0 bridgehead atoms. The van der Waals surface area contributed by atoms with E-state index in [1.54, 1.807) is 0 Å². The molecule has 2 rings (SSSR count). The summed E-state index contributed by atoms with van der Waals surface area (Å²) in [7, 11) is 2.10. The highest BCUT2D eigenvalue weighted by Crippen LogP contribution is 2.36. The van der Waals surface area contributed by atoms with E-state index in [-0.39, 0.29) is 0 Å². The maximum atomic E-state index is 3.44. The Morgan fingerprint density at radius 2 is 2.00 bits per heavy atom. The number of nitrogens with zero attached hydrogens (tertiary/aromatic N) is 1. The van der Waals surface area contributed by atoms with Crippen molar-refractivity contribution >= 4 is 0 Å². The van der Waals surface area contributed by atoms with Crippen LogP contribution in [0.3, 0.4) is 0 Å². The molecule has 1 aliphatic carbocycles. The lowest BCUT2D eigenvalue weighted by atomic mass is 9.94. The van der Waals surface area contributed by atoms with E-state index in [0.717, 1.165) is 23.9 Å². The molecule has 0 spiro atoms. The van der Waals surface area contributed by atoms with Crippen LogP contribution in [0, 0.1) is 11.8 Å². The molecule has 14 heavy (non-hydrogen) atoms. The molecule has 3 atom stereocenters. The minimum Gasteiger partial charge on any atom is -0.316 e. The number of likely N-dealkylation sites (N-methyl/N-ethyl adjacent to an activating group) is 1. The van der Waals surface area contributed by atoms with Crippen molar-refractivity contribution in [1.82, 2.24) is 10.2 Å². The highest BCUT2D eigenvalue weighted by atomic mass is 15.2. The highest BCUT2D eigenvalue weighted by molar-refractivity contribution is 4.90. The van der Waals surface area contributed by atoms with E-state index in [4.69, 9.17) is 0 Å². The van der Waals surface area contributed by atoms with Gasteiger partial charge in [0.05, 0.1) is 0 Å². The van der Waals surface area contributed by atoms with Crippen molar-refractivity contribution in [1.29, 1.82) is 0 Å². The van der Waals surface area contributed by atoms with Gasteiger partial charge in [0.2, 0.25) is 0 Å². The van der Waals surface area contributed by atoms with Crippen molar-refractivity contribution in [3.8, 4) is 0 Å². The zero-order valence-electron chi connectivity index (χ0n) is 9.79. The van der Waals surface area contributed by atoms with Crippen LogP contribution in [0.25, 0.3) is 0 Å². The van der Waals surface area contributed by atoms with Gasteiger partial charge in [-0.1, -0.05) is 6.92 Å². The van der Waals surface area contributed by atoms with Crippen molar-refractivity contribution in [3.63, 3.8) is 0 Å². The summed E-state index contributed by atoms with van der Waals surface area (Å²) in [4.78, 5) is 2.70. The zero-order valence-corrected chi connectivity index (χ0v) is 9.79. The van der Waals surface area contributed by atoms with Gasteiger partial charge in [-0.15, -0.1) is 0 Å². The van der Waals surface area contributed by atoms with Gasteiger partial charge in [-0.3, -0.25) is 4.90 Å². The summed E-state index contributed by atoms with van der Waals surface area (Å²) in [6.07, 6.45) is 4.29. The second-order valence-electron chi connectivity index (χ2n) is 5.36. The number of rotatable bonds is 3. The van der Waals surface area contributed by atoms with Gasteiger partial charge in [-0.05, 0) is 45.1 Å². The fraction of sp³-hybridized carbons (Fsp3) is 1.00. The fourth-order valence-electron chi connectivity index (χ4n) is 2.81. The largest absolute Gasteiger partial charge is 0.316 e. The number of hydrogen-bond acceptors (Lipinski definition) is 2. The third-order valence-corrected chi connectivity index (χ3v) is 3.98. The van der Waals surface area contributed by atoms with Gasteiger partial charge in [-0.2, -0.15) is 0 Å². The lowest BCUT2D eigenvalue weighted by molar-refractivity contribution is 0.103. The molecular formula is C12H24N2. The van der Waals surface area contributed by atoms with E-state index in [2.05, 4.69) is 31.1 Å². The minimum absolute atomic E-state index is 0.722. The van der Waals surface area contributed by atoms with Crippen molar-refractivity contribution in [3.05, 3.63) is 0 Å². The molecule has 1 N–H and O–H groups in total. The molecule has 1 saturated carbocycles. The van der Waals surface area contributed by atoms with Crippen LogP contribution >= 0.6 is 0 Å². The van der Waals surface area contributed by atoms with Crippen LogP contribution in [0.5, 0.6) is 0 Å². The lowest BCUT2D eigenvalue weighted by Crippen LogP contribution is -2.51. The third-order valence-electron chi connectivity index (χ3n) is 3.98. The molecule has 0 aromatic carbocycles. The third kappa shape index (κ3) is 2.29. The van der Waals surface area contributed by atoms with Crippen LogP contribution in [-0.2, 0) is 0 Å². The Morgan fingerprint density at radius 1 is 1.29 bits per heavy atom. The molecule has 82 valence electrons. The molecule has 2 heteroatoms. The second-order valence-corrected chi connectivity index (χ2v) is 5.36. The first-order valence-corrected chi connectivity index (χ1v) is 6.12. The van der Waals surface area contributed by atoms with E-state index >= 15 is 0 Å². The van der Waals surface area contributed by atoms with Gasteiger partial charge in [0.15, 0.2) is 0 Å². The van der Waals surface area contributed by atoms with Crippen LogP contribution in [0.4, 0.5) is 0 Å². The number of piperidine rings is 1.